The van der Waals surface area contributed by atoms with E-state index in [1.807, 2.05) is 0 Å². The zero-order valence-corrected chi connectivity index (χ0v) is 7.96. The van der Waals surface area contributed by atoms with E-state index in [1.165, 1.54) is 6.33 Å². The van der Waals surface area contributed by atoms with Crippen LogP contribution in [0, 0.1) is 0 Å². The summed E-state index contributed by atoms with van der Waals surface area (Å²) in [6, 6.07) is 5.13. The summed E-state index contributed by atoms with van der Waals surface area (Å²) in [4.78, 5) is 7.89. The Kier molecular flexibility index (Phi) is 2.49. The van der Waals surface area contributed by atoms with Gasteiger partial charge in [-0.25, -0.2) is 9.97 Å². The molecule has 4 N–H and O–H groups in total. The first kappa shape index (κ1) is 9.82. The quantitative estimate of drug-likeness (QED) is 0.653. The van der Waals surface area contributed by atoms with Crippen LogP contribution in [0.2, 0.25) is 0 Å². The average Bonchev–Trinajstić information content (AvgIpc) is 2.28. The van der Waals surface area contributed by atoms with Crippen molar-refractivity contribution >= 4 is 16.7 Å². The molecule has 5 nitrogen and oxygen atoms in total. The van der Waals surface area contributed by atoms with Crippen LogP contribution in [0.5, 0.6) is 0 Å². The number of fused-ring (bicyclic) bond motifs is 1. The minimum absolute atomic E-state index is 0.320. The van der Waals surface area contributed by atoms with Crippen LogP contribution < -0.4 is 5.73 Å². The topological polar surface area (TPSA) is 92.3 Å². The standard InChI is InChI=1S/C10H11N3O2/c11-10-7-3-6(9(15)4-14)1-2-8(7)12-5-13-10/h1-3,5,9,14-15H,4H2,(H2,11,12,13). The second-order valence-electron chi connectivity index (χ2n) is 3.23. The number of nitrogen functional groups attached to an aromatic ring is 1. The highest BCUT2D eigenvalue weighted by molar-refractivity contribution is 5.88. The van der Waals surface area contributed by atoms with Gasteiger partial charge in [0.2, 0.25) is 0 Å². The molecule has 0 aliphatic rings. The molecular formula is C10H11N3O2. The van der Waals surface area contributed by atoms with Gasteiger partial charge in [0.15, 0.2) is 0 Å². The van der Waals surface area contributed by atoms with Gasteiger partial charge in [-0.2, -0.15) is 0 Å². The Morgan fingerprint density at radius 2 is 2.13 bits per heavy atom. The zero-order chi connectivity index (χ0) is 10.8. The number of hydrogen-bond donors (Lipinski definition) is 3. The average molecular weight is 205 g/mol. The molecule has 0 amide bonds. The highest BCUT2D eigenvalue weighted by atomic mass is 16.3. The Morgan fingerprint density at radius 3 is 2.87 bits per heavy atom. The van der Waals surface area contributed by atoms with Crippen molar-refractivity contribution in [3.8, 4) is 0 Å². The highest BCUT2D eigenvalue weighted by Crippen LogP contribution is 2.21. The first-order chi connectivity index (χ1) is 7.22. The summed E-state index contributed by atoms with van der Waals surface area (Å²) in [5.41, 5.74) is 6.99. The molecular weight excluding hydrogens is 194 g/mol. The molecule has 1 aromatic heterocycles. The lowest BCUT2D eigenvalue weighted by molar-refractivity contribution is 0.0957. The molecule has 0 bridgehead atoms. The Morgan fingerprint density at radius 1 is 1.33 bits per heavy atom. The number of nitrogens with two attached hydrogens (primary N) is 1. The molecule has 1 atom stereocenters. The molecule has 0 aliphatic carbocycles. The fourth-order valence-electron chi connectivity index (χ4n) is 1.41. The number of benzene rings is 1. The van der Waals surface area contributed by atoms with Crippen LogP contribution in [-0.4, -0.2) is 26.8 Å². The van der Waals surface area contributed by atoms with Gasteiger partial charge in [-0.15, -0.1) is 0 Å². The third kappa shape index (κ3) is 1.74. The molecule has 0 saturated heterocycles. The molecule has 2 aromatic rings. The van der Waals surface area contributed by atoms with E-state index in [2.05, 4.69) is 9.97 Å². The van der Waals surface area contributed by atoms with Crippen molar-refractivity contribution in [1.82, 2.24) is 9.97 Å². The van der Waals surface area contributed by atoms with Crippen LogP contribution in [0.25, 0.3) is 10.9 Å². The molecule has 0 saturated carbocycles. The lowest BCUT2D eigenvalue weighted by Gasteiger charge is -2.08. The SMILES string of the molecule is Nc1ncnc2ccc(C(O)CO)cc12. The maximum atomic E-state index is 9.45. The molecule has 5 heteroatoms. The number of aliphatic hydroxyl groups is 2. The van der Waals surface area contributed by atoms with E-state index in [1.54, 1.807) is 18.2 Å². The number of anilines is 1. The van der Waals surface area contributed by atoms with Crippen molar-refractivity contribution in [3.05, 3.63) is 30.1 Å². The predicted molar refractivity (Wildman–Crippen MR) is 56.0 cm³/mol. The van der Waals surface area contributed by atoms with E-state index in [4.69, 9.17) is 10.8 Å². The molecule has 1 heterocycles. The van der Waals surface area contributed by atoms with Crippen LogP contribution >= 0.6 is 0 Å². The Balaban J connectivity index is 2.59. The van der Waals surface area contributed by atoms with Gasteiger partial charge in [0.25, 0.3) is 0 Å². The van der Waals surface area contributed by atoms with Crippen molar-refractivity contribution in [2.75, 3.05) is 12.3 Å². The normalized spacial score (nSPS) is 12.9. The smallest absolute Gasteiger partial charge is 0.134 e. The number of hydrogen-bond acceptors (Lipinski definition) is 5. The summed E-state index contributed by atoms with van der Waals surface area (Å²) < 4.78 is 0. The first-order valence-corrected chi connectivity index (χ1v) is 4.51. The van der Waals surface area contributed by atoms with Gasteiger partial charge in [-0.1, -0.05) is 6.07 Å². The monoisotopic (exact) mass is 205 g/mol. The van der Waals surface area contributed by atoms with Crippen LogP contribution in [-0.2, 0) is 0 Å². The van der Waals surface area contributed by atoms with Crippen molar-refractivity contribution in [2.24, 2.45) is 0 Å². The number of rotatable bonds is 2. The molecule has 78 valence electrons. The van der Waals surface area contributed by atoms with E-state index >= 15 is 0 Å². The van der Waals surface area contributed by atoms with Gasteiger partial charge in [0.1, 0.15) is 18.2 Å². The minimum Gasteiger partial charge on any atom is -0.393 e. The second kappa shape index (κ2) is 3.80. The molecule has 1 aromatic carbocycles. The summed E-state index contributed by atoms with van der Waals surface area (Å²) in [7, 11) is 0. The number of nitrogens with zero attached hydrogens (tertiary/aromatic N) is 2. The number of aliphatic hydroxyl groups excluding tert-OH is 2. The molecule has 0 aliphatic heterocycles. The van der Waals surface area contributed by atoms with Crippen molar-refractivity contribution in [3.63, 3.8) is 0 Å². The second-order valence-corrected chi connectivity index (χ2v) is 3.23. The Bertz CT molecular complexity index is 487. The van der Waals surface area contributed by atoms with E-state index in [0.29, 0.717) is 16.8 Å². The van der Waals surface area contributed by atoms with Crippen molar-refractivity contribution in [2.45, 2.75) is 6.10 Å². The van der Waals surface area contributed by atoms with E-state index in [-0.39, 0.29) is 6.61 Å². The number of aromatic nitrogens is 2. The molecule has 2 rings (SSSR count). The Labute approximate surface area is 86.2 Å². The zero-order valence-electron chi connectivity index (χ0n) is 7.96. The van der Waals surface area contributed by atoms with Gasteiger partial charge in [0.05, 0.1) is 12.1 Å². The van der Waals surface area contributed by atoms with Crippen LogP contribution in [0.3, 0.4) is 0 Å². The molecule has 0 spiro atoms. The van der Waals surface area contributed by atoms with Crippen LogP contribution in [0.15, 0.2) is 24.5 Å². The Hall–Kier alpha value is -1.72. The lowest BCUT2D eigenvalue weighted by Crippen LogP contribution is -2.03. The summed E-state index contributed by atoms with van der Waals surface area (Å²) in [6.45, 7) is -0.320. The largest absolute Gasteiger partial charge is 0.393 e. The van der Waals surface area contributed by atoms with Crippen LogP contribution in [0.4, 0.5) is 5.82 Å². The van der Waals surface area contributed by atoms with E-state index < -0.39 is 6.10 Å². The summed E-state index contributed by atoms with van der Waals surface area (Å²) >= 11 is 0. The maximum absolute atomic E-state index is 9.45. The molecule has 15 heavy (non-hydrogen) atoms. The van der Waals surface area contributed by atoms with E-state index in [9.17, 15) is 5.11 Å². The summed E-state index contributed by atoms with van der Waals surface area (Å²) in [5.74, 6) is 0.368. The summed E-state index contributed by atoms with van der Waals surface area (Å²) in [5, 5.41) is 18.9. The fraction of sp³-hybridized carbons (Fsp3) is 0.200. The van der Waals surface area contributed by atoms with Gasteiger partial charge < -0.3 is 15.9 Å². The van der Waals surface area contributed by atoms with Gasteiger partial charge in [0, 0.05) is 5.39 Å². The predicted octanol–water partition coefficient (Wildman–Crippen LogP) is 0.238. The van der Waals surface area contributed by atoms with Crippen LogP contribution in [0.1, 0.15) is 11.7 Å². The first-order valence-electron chi connectivity index (χ1n) is 4.51. The highest BCUT2D eigenvalue weighted by Gasteiger charge is 2.08. The van der Waals surface area contributed by atoms with E-state index in [0.717, 1.165) is 5.52 Å². The van der Waals surface area contributed by atoms with Gasteiger partial charge in [-0.05, 0) is 17.7 Å². The maximum Gasteiger partial charge on any atom is 0.134 e. The molecule has 0 radical (unpaired) electrons. The fourth-order valence-corrected chi connectivity index (χ4v) is 1.41. The van der Waals surface area contributed by atoms with Gasteiger partial charge >= 0.3 is 0 Å². The van der Waals surface area contributed by atoms with Crippen molar-refractivity contribution in [1.29, 1.82) is 0 Å². The molecule has 0 fully saturated rings. The van der Waals surface area contributed by atoms with Gasteiger partial charge in [-0.3, -0.25) is 0 Å². The lowest BCUT2D eigenvalue weighted by atomic mass is 10.1. The van der Waals surface area contributed by atoms with Crippen molar-refractivity contribution < 1.29 is 10.2 Å². The molecule has 1 unspecified atom stereocenters. The minimum atomic E-state index is -0.894. The summed E-state index contributed by atoms with van der Waals surface area (Å²) in [6.07, 6.45) is 0.494. The third-order valence-corrected chi connectivity index (χ3v) is 2.25. The third-order valence-electron chi connectivity index (χ3n) is 2.25.